The van der Waals surface area contributed by atoms with E-state index in [4.69, 9.17) is 14.2 Å². The third kappa shape index (κ3) is 6.82. The van der Waals surface area contributed by atoms with Crippen LogP contribution in [-0.2, 0) is 35.2 Å². The molecule has 0 aromatic heterocycles. The highest BCUT2D eigenvalue weighted by Gasteiger charge is 2.41. The summed E-state index contributed by atoms with van der Waals surface area (Å²) in [6.45, 7) is 5.76. The maximum absolute atomic E-state index is 13.4. The van der Waals surface area contributed by atoms with Gasteiger partial charge in [-0.2, -0.15) is 0 Å². The van der Waals surface area contributed by atoms with Crippen molar-refractivity contribution in [3.63, 3.8) is 0 Å². The lowest BCUT2D eigenvalue weighted by atomic mass is 10.1. The van der Waals surface area contributed by atoms with Crippen molar-refractivity contribution in [2.75, 3.05) is 24.6 Å². The van der Waals surface area contributed by atoms with Crippen LogP contribution in [0.25, 0.3) is 0 Å². The third-order valence-corrected chi connectivity index (χ3v) is 6.47. The maximum atomic E-state index is 13.4. The molecule has 2 aromatic carbocycles. The van der Waals surface area contributed by atoms with Crippen molar-refractivity contribution in [3.8, 4) is 0 Å². The summed E-state index contributed by atoms with van der Waals surface area (Å²) in [5, 5.41) is 10.5. The largest absolute Gasteiger partial charge is 0.459 e. The molecule has 10 nitrogen and oxygen atoms in total. The molecule has 2 fully saturated rings. The Hall–Kier alpha value is -3.76. The monoisotopic (exact) mass is 538 g/mol. The van der Waals surface area contributed by atoms with E-state index in [1.807, 2.05) is 30.3 Å². The normalized spacial score (nSPS) is 20.5. The summed E-state index contributed by atoms with van der Waals surface area (Å²) in [6.07, 6.45) is -2.06. The fraction of sp³-hybridized carbons (Fsp3) is 0.448. The molecule has 2 heterocycles. The van der Waals surface area contributed by atoms with Crippen molar-refractivity contribution >= 4 is 29.4 Å². The summed E-state index contributed by atoms with van der Waals surface area (Å²) in [6, 6.07) is 15.1. The first-order chi connectivity index (χ1) is 18.5. The number of ether oxygens (including phenoxy) is 3. The topological polar surface area (TPSA) is 123 Å². The summed E-state index contributed by atoms with van der Waals surface area (Å²) in [5.41, 5.74) is 0.738. The van der Waals surface area contributed by atoms with Gasteiger partial charge in [-0.1, -0.05) is 36.4 Å². The molecule has 0 spiro atoms. The summed E-state index contributed by atoms with van der Waals surface area (Å²) in [5.74, 6) is -2.37. The van der Waals surface area contributed by atoms with Crippen LogP contribution >= 0.6 is 0 Å². The van der Waals surface area contributed by atoms with Gasteiger partial charge in [0.15, 0.2) is 12.2 Å². The number of benzene rings is 2. The first kappa shape index (κ1) is 28.3. The molecule has 2 aliphatic rings. The van der Waals surface area contributed by atoms with Gasteiger partial charge < -0.3 is 29.1 Å². The minimum atomic E-state index is -1.79. The Kier molecular flexibility index (Phi) is 8.66. The van der Waals surface area contributed by atoms with Gasteiger partial charge in [0.25, 0.3) is 11.8 Å². The molecule has 2 saturated heterocycles. The molecule has 1 N–H and O–H groups in total. The summed E-state index contributed by atoms with van der Waals surface area (Å²) >= 11 is 0. The second-order valence-electron chi connectivity index (χ2n) is 10.6. The number of likely N-dealkylation sites (tertiary alicyclic amines) is 1. The van der Waals surface area contributed by atoms with Crippen molar-refractivity contribution in [3.05, 3.63) is 65.7 Å². The molecule has 2 amide bonds. The highest BCUT2D eigenvalue weighted by Crippen LogP contribution is 2.26. The number of aliphatic hydroxyl groups excluding tert-OH is 1. The zero-order chi connectivity index (χ0) is 28.2. The van der Waals surface area contributed by atoms with E-state index in [0.29, 0.717) is 30.6 Å². The molecular formula is C29H34N2O8. The number of aliphatic hydroxyl groups is 1. The maximum Gasteiger partial charge on any atom is 0.338 e. The van der Waals surface area contributed by atoms with Crippen molar-refractivity contribution in [1.29, 1.82) is 0 Å². The second kappa shape index (κ2) is 12.0. The molecule has 4 rings (SSSR count). The van der Waals surface area contributed by atoms with Crippen LogP contribution in [-0.4, -0.2) is 77.3 Å². The van der Waals surface area contributed by atoms with Crippen molar-refractivity contribution in [2.24, 2.45) is 0 Å². The van der Waals surface area contributed by atoms with E-state index >= 15 is 0 Å². The predicted octanol–water partition coefficient (Wildman–Crippen LogP) is 2.47. The number of rotatable bonds is 7. The zero-order valence-electron chi connectivity index (χ0n) is 22.4. The first-order valence-electron chi connectivity index (χ1n) is 13.0. The fourth-order valence-corrected chi connectivity index (χ4v) is 4.63. The predicted molar refractivity (Wildman–Crippen MR) is 141 cm³/mol. The smallest absolute Gasteiger partial charge is 0.338 e. The molecule has 208 valence electrons. The van der Waals surface area contributed by atoms with Gasteiger partial charge in [-0.05, 0) is 57.4 Å². The number of esters is 2. The van der Waals surface area contributed by atoms with Crippen LogP contribution in [0.3, 0.4) is 0 Å². The summed E-state index contributed by atoms with van der Waals surface area (Å²) < 4.78 is 16.1. The van der Waals surface area contributed by atoms with E-state index in [0.717, 1.165) is 5.56 Å². The molecule has 2 aromatic rings. The van der Waals surface area contributed by atoms with Crippen LogP contribution in [0.15, 0.2) is 54.6 Å². The average molecular weight is 539 g/mol. The molecular weight excluding hydrogens is 504 g/mol. The highest BCUT2D eigenvalue weighted by molar-refractivity contribution is 6.02. The van der Waals surface area contributed by atoms with Crippen LogP contribution in [0.5, 0.6) is 0 Å². The van der Waals surface area contributed by atoms with Gasteiger partial charge in [-0.15, -0.1) is 0 Å². The molecule has 0 bridgehead atoms. The Labute approximate surface area is 227 Å². The van der Waals surface area contributed by atoms with Crippen LogP contribution in [0.1, 0.15) is 49.5 Å². The molecule has 0 radical (unpaired) electrons. The van der Waals surface area contributed by atoms with Crippen molar-refractivity contribution in [1.82, 2.24) is 4.90 Å². The second-order valence-corrected chi connectivity index (χ2v) is 10.6. The quantitative estimate of drug-likeness (QED) is 0.534. The van der Waals surface area contributed by atoms with Crippen molar-refractivity contribution < 1.29 is 38.5 Å². The number of anilines is 1. The molecule has 0 saturated carbocycles. The third-order valence-electron chi connectivity index (χ3n) is 6.47. The van der Waals surface area contributed by atoms with Gasteiger partial charge in [-0.3, -0.25) is 9.59 Å². The van der Waals surface area contributed by atoms with Crippen LogP contribution < -0.4 is 4.90 Å². The SMILES string of the molecule is CC(C)(C)OC(=O)[C@H](O)[C@H]1OCCN(c2cccc(C(=O)N3CCC[C@H]3C(=O)OCc3ccccc3)c2)C1=O. The first-order valence-corrected chi connectivity index (χ1v) is 13.0. The van der Waals surface area contributed by atoms with Gasteiger partial charge in [-0.25, -0.2) is 9.59 Å². The van der Waals surface area contributed by atoms with Gasteiger partial charge in [0.05, 0.1) is 6.61 Å². The van der Waals surface area contributed by atoms with Gasteiger partial charge in [0.2, 0.25) is 0 Å². The summed E-state index contributed by atoms with van der Waals surface area (Å²) in [4.78, 5) is 54.6. The summed E-state index contributed by atoms with van der Waals surface area (Å²) in [7, 11) is 0. The number of amides is 2. The highest BCUT2D eigenvalue weighted by atomic mass is 16.6. The van der Waals surface area contributed by atoms with Gasteiger partial charge >= 0.3 is 11.9 Å². The lowest BCUT2D eigenvalue weighted by Gasteiger charge is -2.34. The van der Waals surface area contributed by atoms with Gasteiger partial charge in [0, 0.05) is 24.3 Å². The molecule has 3 atom stereocenters. The molecule has 2 aliphatic heterocycles. The Bertz CT molecular complexity index is 1210. The number of carbonyl (C=O) groups excluding carboxylic acids is 4. The van der Waals surface area contributed by atoms with Crippen LogP contribution in [0, 0.1) is 0 Å². The lowest BCUT2D eigenvalue weighted by Crippen LogP contribution is -2.55. The Morgan fingerprint density at radius 3 is 2.54 bits per heavy atom. The molecule has 0 aliphatic carbocycles. The number of nitrogens with zero attached hydrogens (tertiary/aromatic N) is 2. The standard InChI is InChI=1S/C29H34N2O8/c1-29(2,3)39-28(36)23(32)24-26(34)30(15-16-37-24)21-12-7-11-20(17-21)25(33)31-14-8-13-22(31)27(35)38-18-19-9-5-4-6-10-19/h4-7,9-12,17,22-24,32H,8,13-16,18H2,1-3H3/t22-,23+,24+/m0/s1. The lowest BCUT2D eigenvalue weighted by molar-refractivity contribution is -0.177. The Balaban J connectivity index is 1.44. The zero-order valence-corrected chi connectivity index (χ0v) is 22.4. The minimum Gasteiger partial charge on any atom is -0.459 e. The van der Waals surface area contributed by atoms with E-state index < -0.39 is 41.7 Å². The molecule has 39 heavy (non-hydrogen) atoms. The minimum absolute atomic E-state index is 0.0793. The number of hydrogen-bond donors (Lipinski definition) is 1. The fourth-order valence-electron chi connectivity index (χ4n) is 4.63. The van der Waals surface area contributed by atoms with Crippen LogP contribution in [0.4, 0.5) is 5.69 Å². The van der Waals surface area contributed by atoms with E-state index in [2.05, 4.69) is 0 Å². The Morgan fingerprint density at radius 1 is 1.08 bits per heavy atom. The average Bonchev–Trinajstić information content (AvgIpc) is 3.41. The van der Waals surface area contributed by atoms with E-state index in [9.17, 15) is 24.3 Å². The number of hydrogen-bond acceptors (Lipinski definition) is 8. The molecule has 10 heteroatoms. The van der Waals surface area contributed by atoms with Gasteiger partial charge in [0.1, 0.15) is 18.2 Å². The molecule has 0 unspecified atom stereocenters. The van der Waals surface area contributed by atoms with E-state index in [1.54, 1.807) is 45.0 Å². The number of morpholine rings is 1. The van der Waals surface area contributed by atoms with E-state index in [1.165, 1.54) is 9.80 Å². The Morgan fingerprint density at radius 2 is 1.82 bits per heavy atom. The van der Waals surface area contributed by atoms with Crippen molar-refractivity contribution in [2.45, 2.75) is 64.1 Å². The number of carbonyl (C=O) groups is 4. The van der Waals surface area contributed by atoms with E-state index in [-0.39, 0.29) is 25.7 Å². The van der Waals surface area contributed by atoms with Crippen LogP contribution in [0.2, 0.25) is 0 Å².